The van der Waals surface area contributed by atoms with Gasteiger partial charge in [0.25, 0.3) is 0 Å². The first-order valence-corrected chi connectivity index (χ1v) is 4.41. The van der Waals surface area contributed by atoms with Crippen molar-refractivity contribution in [2.24, 2.45) is 0 Å². The summed E-state index contributed by atoms with van der Waals surface area (Å²) in [7, 11) is 0. The number of hydrogen-bond donors (Lipinski definition) is 0. The Morgan fingerprint density at radius 1 is 1.38 bits per heavy atom. The van der Waals surface area contributed by atoms with Crippen LogP contribution in [0.3, 0.4) is 0 Å². The molecule has 2 rings (SSSR count). The largest absolute Gasteiger partial charge is 0.457 e. The zero-order chi connectivity index (χ0) is 9.26. The first kappa shape index (κ1) is 8.11. The van der Waals surface area contributed by atoms with E-state index in [1.54, 1.807) is 0 Å². The third-order valence-electron chi connectivity index (χ3n) is 2.21. The Balaban J connectivity index is 2.44. The minimum atomic E-state index is 0.899. The fourth-order valence-electron chi connectivity index (χ4n) is 1.52. The van der Waals surface area contributed by atoms with Gasteiger partial charge in [0.05, 0.1) is 0 Å². The summed E-state index contributed by atoms with van der Waals surface area (Å²) in [6.45, 7) is 5.94. The molecule has 0 atom stereocenters. The Labute approximate surface area is 78.3 Å². The topological polar surface area (TPSA) is 9.23 Å². The Kier molecular flexibility index (Phi) is 1.93. The molecule has 0 fully saturated rings. The number of fused-ring (bicyclic) bond motifs is 1. The first-order valence-electron chi connectivity index (χ1n) is 4.41. The molecule has 13 heavy (non-hydrogen) atoms. The van der Waals surface area contributed by atoms with Crippen LogP contribution in [-0.2, 0) is 6.42 Å². The van der Waals surface area contributed by atoms with Crippen molar-refractivity contribution in [1.82, 2.24) is 0 Å². The van der Waals surface area contributed by atoms with Crippen molar-refractivity contribution < 1.29 is 4.74 Å². The molecule has 1 aliphatic rings. The standard InChI is InChI=1S/C12H12O/c1-3-11-9(2)8-10-6-4-5-7-12(10)13-11/h3-7H,2,8H2,1H3/b11-3+. The average molecular weight is 172 g/mol. The van der Waals surface area contributed by atoms with E-state index in [-0.39, 0.29) is 0 Å². The maximum atomic E-state index is 5.65. The van der Waals surface area contributed by atoms with Crippen LogP contribution >= 0.6 is 0 Å². The van der Waals surface area contributed by atoms with Gasteiger partial charge in [-0.05, 0) is 30.2 Å². The number of benzene rings is 1. The van der Waals surface area contributed by atoms with E-state index in [4.69, 9.17) is 4.74 Å². The SMILES string of the molecule is C=C1Cc2ccccc2O/C1=C/C. The lowest BCUT2D eigenvalue weighted by atomic mass is 10.0. The zero-order valence-corrected chi connectivity index (χ0v) is 7.71. The van der Waals surface area contributed by atoms with Crippen LogP contribution in [0, 0.1) is 0 Å². The van der Waals surface area contributed by atoms with E-state index in [1.165, 1.54) is 5.56 Å². The number of allylic oxidation sites excluding steroid dienone is 2. The summed E-state index contributed by atoms with van der Waals surface area (Å²) in [6.07, 6.45) is 2.86. The first-order chi connectivity index (χ1) is 6.31. The molecule has 1 aromatic rings. The third kappa shape index (κ3) is 1.37. The predicted octanol–water partition coefficient (Wildman–Crippen LogP) is 3.08. The van der Waals surface area contributed by atoms with E-state index in [2.05, 4.69) is 12.6 Å². The quantitative estimate of drug-likeness (QED) is 0.584. The van der Waals surface area contributed by atoms with Crippen molar-refractivity contribution in [3.63, 3.8) is 0 Å². The van der Waals surface area contributed by atoms with Gasteiger partial charge in [-0.25, -0.2) is 0 Å². The molecule has 0 amide bonds. The summed E-state index contributed by atoms with van der Waals surface area (Å²) in [6, 6.07) is 8.08. The molecule has 0 unspecified atom stereocenters. The minimum absolute atomic E-state index is 0.899. The van der Waals surface area contributed by atoms with E-state index in [0.29, 0.717) is 0 Å². The number of hydrogen-bond acceptors (Lipinski definition) is 1. The van der Waals surface area contributed by atoms with Gasteiger partial charge in [-0.2, -0.15) is 0 Å². The molecule has 0 bridgehead atoms. The van der Waals surface area contributed by atoms with Crippen LogP contribution < -0.4 is 4.74 Å². The van der Waals surface area contributed by atoms with Crippen LogP contribution in [0.4, 0.5) is 0 Å². The van der Waals surface area contributed by atoms with Gasteiger partial charge >= 0.3 is 0 Å². The Hall–Kier alpha value is -1.50. The van der Waals surface area contributed by atoms with Crippen molar-refractivity contribution in [3.8, 4) is 5.75 Å². The van der Waals surface area contributed by atoms with Gasteiger partial charge < -0.3 is 4.74 Å². The second-order valence-corrected chi connectivity index (χ2v) is 3.14. The van der Waals surface area contributed by atoms with Gasteiger partial charge in [0.2, 0.25) is 0 Å². The van der Waals surface area contributed by atoms with Crippen molar-refractivity contribution in [1.29, 1.82) is 0 Å². The van der Waals surface area contributed by atoms with Crippen molar-refractivity contribution >= 4 is 0 Å². The zero-order valence-electron chi connectivity index (χ0n) is 7.71. The predicted molar refractivity (Wildman–Crippen MR) is 53.7 cm³/mol. The van der Waals surface area contributed by atoms with Crippen LogP contribution in [0.15, 0.2) is 48.3 Å². The molecule has 1 nitrogen and oxygen atoms in total. The highest BCUT2D eigenvalue weighted by molar-refractivity contribution is 5.45. The molecular formula is C12H12O. The summed E-state index contributed by atoms with van der Waals surface area (Å²) in [5, 5.41) is 0. The second kappa shape index (κ2) is 3.09. The molecule has 0 saturated heterocycles. The van der Waals surface area contributed by atoms with Gasteiger partial charge in [0, 0.05) is 6.42 Å². The van der Waals surface area contributed by atoms with E-state index in [1.807, 2.05) is 31.2 Å². The maximum Gasteiger partial charge on any atom is 0.130 e. The Bertz CT molecular complexity index is 374. The Morgan fingerprint density at radius 3 is 2.92 bits per heavy atom. The lowest BCUT2D eigenvalue weighted by Crippen LogP contribution is -2.08. The van der Waals surface area contributed by atoms with Crippen molar-refractivity contribution in [2.45, 2.75) is 13.3 Å². The molecule has 1 heterocycles. The van der Waals surface area contributed by atoms with Crippen LogP contribution in [0.5, 0.6) is 5.75 Å². The maximum absolute atomic E-state index is 5.65. The summed E-state index contributed by atoms with van der Waals surface area (Å²) in [4.78, 5) is 0. The summed E-state index contributed by atoms with van der Waals surface area (Å²) < 4.78 is 5.65. The Morgan fingerprint density at radius 2 is 2.15 bits per heavy atom. The molecule has 0 N–H and O–H groups in total. The van der Waals surface area contributed by atoms with E-state index in [9.17, 15) is 0 Å². The summed E-state index contributed by atoms with van der Waals surface area (Å²) >= 11 is 0. The highest BCUT2D eigenvalue weighted by atomic mass is 16.5. The van der Waals surface area contributed by atoms with Gasteiger partial charge in [0.1, 0.15) is 11.5 Å². The van der Waals surface area contributed by atoms with Crippen LogP contribution in [-0.4, -0.2) is 0 Å². The number of para-hydroxylation sites is 1. The van der Waals surface area contributed by atoms with Crippen molar-refractivity contribution in [2.75, 3.05) is 0 Å². The van der Waals surface area contributed by atoms with Gasteiger partial charge in [-0.1, -0.05) is 24.8 Å². The summed E-state index contributed by atoms with van der Waals surface area (Å²) in [5.41, 5.74) is 2.28. The lowest BCUT2D eigenvalue weighted by molar-refractivity contribution is 0.414. The van der Waals surface area contributed by atoms with Gasteiger partial charge in [0.15, 0.2) is 0 Å². The third-order valence-corrected chi connectivity index (χ3v) is 2.21. The average Bonchev–Trinajstić information content (AvgIpc) is 2.17. The second-order valence-electron chi connectivity index (χ2n) is 3.14. The highest BCUT2D eigenvalue weighted by Gasteiger charge is 2.15. The van der Waals surface area contributed by atoms with Crippen LogP contribution in [0.25, 0.3) is 0 Å². The molecular weight excluding hydrogens is 160 g/mol. The molecule has 0 aromatic heterocycles. The molecule has 1 aliphatic heterocycles. The molecule has 1 aromatic carbocycles. The molecule has 0 aliphatic carbocycles. The molecule has 66 valence electrons. The van der Waals surface area contributed by atoms with E-state index < -0.39 is 0 Å². The molecule has 0 spiro atoms. The number of rotatable bonds is 0. The van der Waals surface area contributed by atoms with E-state index >= 15 is 0 Å². The number of ether oxygens (including phenoxy) is 1. The monoisotopic (exact) mass is 172 g/mol. The normalized spacial score (nSPS) is 18.2. The molecule has 0 radical (unpaired) electrons. The fraction of sp³-hybridized carbons (Fsp3) is 0.167. The molecule has 1 heteroatoms. The highest BCUT2D eigenvalue weighted by Crippen LogP contribution is 2.31. The minimum Gasteiger partial charge on any atom is -0.457 e. The molecule has 0 saturated carbocycles. The van der Waals surface area contributed by atoms with Gasteiger partial charge in [-0.15, -0.1) is 0 Å². The van der Waals surface area contributed by atoms with Gasteiger partial charge in [-0.3, -0.25) is 0 Å². The van der Waals surface area contributed by atoms with Crippen LogP contribution in [0.1, 0.15) is 12.5 Å². The summed E-state index contributed by atoms with van der Waals surface area (Å²) in [5.74, 6) is 1.86. The smallest absolute Gasteiger partial charge is 0.130 e. The van der Waals surface area contributed by atoms with Crippen molar-refractivity contribution in [3.05, 3.63) is 53.8 Å². The van der Waals surface area contributed by atoms with Crippen LogP contribution in [0.2, 0.25) is 0 Å². The lowest BCUT2D eigenvalue weighted by Gasteiger charge is -2.20. The fourth-order valence-corrected chi connectivity index (χ4v) is 1.52. The van der Waals surface area contributed by atoms with E-state index in [0.717, 1.165) is 23.5 Å².